The molecule has 0 saturated heterocycles. The van der Waals surface area contributed by atoms with Crippen LogP contribution in [-0.4, -0.2) is 17.1 Å². The average molecular weight is 315 g/mol. The molecule has 0 heterocycles. The summed E-state index contributed by atoms with van der Waals surface area (Å²) >= 11 is 0. The number of aliphatic hydroxyl groups excluding tert-OH is 1. The summed E-state index contributed by atoms with van der Waals surface area (Å²) in [5, 5.41) is 13.1. The van der Waals surface area contributed by atoms with Gasteiger partial charge in [0.1, 0.15) is 5.82 Å². The number of benzene rings is 2. The predicted molar refractivity (Wildman–Crippen MR) is 88.4 cm³/mol. The standard InChI is InChI=1S/C19H22FNO2/c1-13(11-18(22)15-7-4-3-5-8-15)21-19(23)14(2)16-9-6-10-17(20)12-16/h3-10,12-14,18,22H,11H2,1-2H3,(H,21,23). The maximum Gasteiger partial charge on any atom is 0.227 e. The molecule has 3 atom stereocenters. The lowest BCUT2D eigenvalue weighted by atomic mass is 9.98. The molecule has 0 aliphatic heterocycles. The quantitative estimate of drug-likeness (QED) is 0.856. The summed E-state index contributed by atoms with van der Waals surface area (Å²) in [6.45, 7) is 3.59. The number of hydrogen-bond acceptors (Lipinski definition) is 2. The number of aliphatic hydroxyl groups is 1. The number of carbonyl (C=O) groups excluding carboxylic acids is 1. The SMILES string of the molecule is CC(CC(O)c1ccccc1)NC(=O)C(C)c1cccc(F)c1. The molecule has 2 aromatic carbocycles. The van der Waals surface area contributed by atoms with Crippen molar-refractivity contribution in [3.8, 4) is 0 Å². The highest BCUT2D eigenvalue weighted by atomic mass is 19.1. The molecule has 2 rings (SSSR count). The second-order valence-electron chi connectivity index (χ2n) is 5.85. The average Bonchev–Trinajstić information content (AvgIpc) is 2.54. The summed E-state index contributed by atoms with van der Waals surface area (Å²) in [5.74, 6) is -0.972. The lowest BCUT2D eigenvalue weighted by Gasteiger charge is -2.20. The molecule has 0 saturated carbocycles. The number of rotatable bonds is 6. The Balaban J connectivity index is 1.91. The van der Waals surface area contributed by atoms with E-state index in [0.717, 1.165) is 5.56 Å². The first-order valence-electron chi connectivity index (χ1n) is 7.76. The van der Waals surface area contributed by atoms with Gasteiger partial charge in [-0.15, -0.1) is 0 Å². The van der Waals surface area contributed by atoms with Gasteiger partial charge in [-0.1, -0.05) is 42.5 Å². The Morgan fingerprint density at radius 1 is 1.09 bits per heavy atom. The number of nitrogens with one attached hydrogen (secondary N) is 1. The molecule has 0 fully saturated rings. The second kappa shape index (κ2) is 7.88. The molecule has 3 nitrogen and oxygen atoms in total. The van der Waals surface area contributed by atoms with E-state index in [1.165, 1.54) is 12.1 Å². The molecule has 0 bridgehead atoms. The highest BCUT2D eigenvalue weighted by Gasteiger charge is 2.19. The lowest BCUT2D eigenvalue weighted by Crippen LogP contribution is -2.36. The topological polar surface area (TPSA) is 49.3 Å². The fourth-order valence-corrected chi connectivity index (χ4v) is 2.50. The Hall–Kier alpha value is -2.20. The molecule has 23 heavy (non-hydrogen) atoms. The van der Waals surface area contributed by atoms with E-state index in [2.05, 4.69) is 5.32 Å². The van der Waals surface area contributed by atoms with Crippen molar-refractivity contribution in [1.82, 2.24) is 5.32 Å². The highest BCUT2D eigenvalue weighted by molar-refractivity contribution is 5.83. The van der Waals surface area contributed by atoms with Crippen LogP contribution >= 0.6 is 0 Å². The Kier molecular flexibility index (Phi) is 5.88. The minimum Gasteiger partial charge on any atom is -0.388 e. The first-order chi connectivity index (χ1) is 11.0. The number of hydrogen-bond donors (Lipinski definition) is 2. The van der Waals surface area contributed by atoms with Gasteiger partial charge in [0.25, 0.3) is 0 Å². The molecule has 2 aromatic rings. The first-order valence-corrected chi connectivity index (χ1v) is 7.76. The van der Waals surface area contributed by atoms with E-state index in [0.29, 0.717) is 12.0 Å². The summed E-state index contributed by atoms with van der Waals surface area (Å²) in [7, 11) is 0. The third-order valence-electron chi connectivity index (χ3n) is 3.89. The molecular formula is C19H22FNO2. The molecule has 3 unspecified atom stereocenters. The van der Waals surface area contributed by atoms with Crippen molar-refractivity contribution in [3.63, 3.8) is 0 Å². The van der Waals surface area contributed by atoms with E-state index >= 15 is 0 Å². The zero-order valence-corrected chi connectivity index (χ0v) is 13.4. The maximum atomic E-state index is 13.2. The summed E-state index contributed by atoms with van der Waals surface area (Å²) in [6.07, 6.45) is -0.206. The third kappa shape index (κ3) is 4.89. The molecule has 0 aromatic heterocycles. The van der Waals surface area contributed by atoms with Crippen molar-refractivity contribution in [2.24, 2.45) is 0 Å². The second-order valence-corrected chi connectivity index (χ2v) is 5.85. The molecule has 1 amide bonds. The summed E-state index contributed by atoms with van der Waals surface area (Å²) in [5.41, 5.74) is 1.46. The molecule has 0 aliphatic carbocycles. The van der Waals surface area contributed by atoms with Crippen molar-refractivity contribution >= 4 is 5.91 Å². The van der Waals surface area contributed by atoms with Crippen molar-refractivity contribution in [3.05, 3.63) is 71.5 Å². The van der Waals surface area contributed by atoms with Gasteiger partial charge in [-0.3, -0.25) is 4.79 Å². The van der Waals surface area contributed by atoms with E-state index in [1.807, 2.05) is 37.3 Å². The Bertz CT molecular complexity index is 645. The van der Waals surface area contributed by atoms with Crippen LogP contribution in [0.15, 0.2) is 54.6 Å². The molecule has 0 aliphatic rings. The van der Waals surface area contributed by atoms with Crippen LogP contribution in [0.2, 0.25) is 0 Å². The Labute approximate surface area is 136 Å². The first kappa shape index (κ1) is 17.2. The van der Waals surface area contributed by atoms with Gasteiger partial charge in [0.05, 0.1) is 12.0 Å². The van der Waals surface area contributed by atoms with Crippen molar-refractivity contribution in [1.29, 1.82) is 0 Å². The van der Waals surface area contributed by atoms with Crippen molar-refractivity contribution in [2.75, 3.05) is 0 Å². The molecule has 0 spiro atoms. The van der Waals surface area contributed by atoms with E-state index in [1.54, 1.807) is 19.1 Å². The van der Waals surface area contributed by atoms with Crippen LogP contribution in [0.3, 0.4) is 0 Å². The van der Waals surface area contributed by atoms with Crippen LogP contribution < -0.4 is 5.32 Å². The Morgan fingerprint density at radius 2 is 1.74 bits per heavy atom. The summed E-state index contributed by atoms with van der Waals surface area (Å²) in [4.78, 5) is 12.3. The normalized spacial score (nSPS) is 14.8. The fourth-order valence-electron chi connectivity index (χ4n) is 2.50. The van der Waals surface area contributed by atoms with Crippen LogP contribution in [0, 0.1) is 5.82 Å². The summed E-state index contributed by atoms with van der Waals surface area (Å²) in [6, 6.07) is 15.2. The van der Waals surface area contributed by atoms with Crippen molar-refractivity contribution < 1.29 is 14.3 Å². The maximum absolute atomic E-state index is 13.2. The van der Waals surface area contributed by atoms with Crippen LogP contribution in [-0.2, 0) is 4.79 Å². The van der Waals surface area contributed by atoms with Gasteiger partial charge in [0.15, 0.2) is 0 Å². The van der Waals surface area contributed by atoms with Gasteiger partial charge in [0.2, 0.25) is 5.91 Å². The smallest absolute Gasteiger partial charge is 0.227 e. The minimum atomic E-state index is -0.629. The zero-order chi connectivity index (χ0) is 16.8. The molecule has 2 N–H and O–H groups in total. The molecule has 4 heteroatoms. The molecular weight excluding hydrogens is 293 g/mol. The van der Waals surface area contributed by atoms with Crippen LogP contribution in [0.1, 0.15) is 43.4 Å². The lowest BCUT2D eigenvalue weighted by molar-refractivity contribution is -0.123. The minimum absolute atomic E-state index is 0.177. The molecule has 0 radical (unpaired) electrons. The number of carbonyl (C=O) groups is 1. The van der Waals surface area contributed by atoms with Gasteiger partial charge in [-0.05, 0) is 43.5 Å². The summed E-state index contributed by atoms with van der Waals surface area (Å²) < 4.78 is 13.2. The van der Waals surface area contributed by atoms with Crippen molar-refractivity contribution in [2.45, 2.75) is 38.3 Å². The van der Waals surface area contributed by atoms with E-state index < -0.39 is 12.0 Å². The monoisotopic (exact) mass is 315 g/mol. The third-order valence-corrected chi connectivity index (χ3v) is 3.89. The van der Waals surface area contributed by atoms with Crippen LogP contribution in [0.5, 0.6) is 0 Å². The van der Waals surface area contributed by atoms with E-state index in [9.17, 15) is 14.3 Å². The molecule has 122 valence electrons. The van der Waals surface area contributed by atoms with Crippen LogP contribution in [0.4, 0.5) is 4.39 Å². The number of halogens is 1. The van der Waals surface area contributed by atoms with Gasteiger partial charge in [-0.2, -0.15) is 0 Å². The Morgan fingerprint density at radius 3 is 2.39 bits per heavy atom. The zero-order valence-electron chi connectivity index (χ0n) is 13.4. The largest absolute Gasteiger partial charge is 0.388 e. The van der Waals surface area contributed by atoms with E-state index in [4.69, 9.17) is 0 Å². The van der Waals surface area contributed by atoms with Gasteiger partial charge < -0.3 is 10.4 Å². The van der Waals surface area contributed by atoms with E-state index in [-0.39, 0.29) is 17.8 Å². The van der Waals surface area contributed by atoms with Gasteiger partial charge in [-0.25, -0.2) is 4.39 Å². The predicted octanol–water partition coefficient (Wildman–Crippen LogP) is 3.56. The van der Waals surface area contributed by atoms with Gasteiger partial charge in [0, 0.05) is 6.04 Å². The van der Waals surface area contributed by atoms with Gasteiger partial charge >= 0.3 is 0 Å². The fraction of sp³-hybridized carbons (Fsp3) is 0.316. The highest BCUT2D eigenvalue weighted by Crippen LogP contribution is 2.20. The van der Waals surface area contributed by atoms with Crippen LogP contribution in [0.25, 0.3) is 0 Å². The number of amides is 1.